The lowest BCUT2D eigenvalue weighted by molar-refractivity contribution is 0.0946. The quantitative estimate of drug-likeness (QED) is 0.250. The molecule has 12 heteroatoms. The van der Waals surface area contributed by atoms with Gasteiger partial charge in [0.2, 0.25) is 0 Å². The highest BCUT2D eigenvalue weighted by Crippen LogP contribution is 2.32. The fourth-order valence-corrected chi connectivity index (χ4v) is 5.04. The number of anilines is 1. The van der Waals surface area contributed by atoms with Gasteiger partial charge >= 0.3 is 0 Å². The third kappa shape index (κ3) is 9.32. The van der Waals surface area contributed by atoms with E-state index in [4.69, 9.17) is 28.2 Å². The number of imidazole rings is 1. The second kappa shape index (κ2) is 18.1. The second-order valence-corrected chi connectivity index (χ2v) is 9.68. The standard InChI is InChI=1S/C27H33Cl2N5O.4ClH/c1-3-9-24-31-26(20(2)34(24)21-10-5-4-6-11-21)27(35)30-14-8-15-32-16-18-33(19-17-32)23-13-7-12-22(28)25(23)29;;;;/h4-7,10-13H,3,8-9,14-19H2,1-2H3,(H,30,35);4*1H. The van der Waals surface area contributed by atoms with Crippen molar-refractivity contribution in [2.24, 2.45) is 0 Å². The Morgan fingerprint density at radius 3 is 2.26 bits per heavy atom. The highest BCUT2D eigenvalue weighted by molar-refractivity contribution is 6.43. The molecule has 0 unspecified atom stereocenters. The van der Waals surface area contributed by atoms with Crippen molar-refractivity contribution in [2.45, 2.75) is 33.1 Å². The Labute approximate surface area is 266 Å². The molecule has 1 N–H and O–H groups in total. The number of para-hydroxylation sites is 1. The molecule has 2 aromatic carbocycles. The molecular formula is C27H37Cl6N5O. The van der Waals surface area contributed by atoms with Crippen molar-refractivity contribution in [3.05, 3.63) is 75.8 Å². The van der Waals surface area contributed by atoms with Crippen LogP contribution in [0.25, 0.3) is 5.69 Å². The minimum atomic E-state index is -0.102. The maximum Gasteiger partial charge on any atom is 0.271 e. The van der Waals surface area contributed by atoms with Gasteiger partial charge in [0.15, 0.2) is 0 Å². The summed E-state index contributed by atoms with van der Waals surface area (Å²) < 4.78 is 2.10. The number of benzene rings is 2. The van der Waals surface area contributed by atoms with E-state index in [0.29, 0.717) is 22.3 Å². The Balaban J connectivity index is 0.00000361. The molecule has 4 rings (SSSR count). The molecule has 1 saturated heterocycles. The fraction of sp³-hybridized carbons (Fsp3) is 0.407. The van der Waals surface area contributed by atoms with Crippen molar-refractivity contribution in [1.82, 2.24) is 19.8 Å². The number of amides is 1. The number of hydrogen-bond acceptors (Lipinski definition) is 4. The van der Waals surface area contributed by atoms with E-state index in [1.54, 1.807) is 0 Å². The van der Waals surface area contributed by atoms with E-state index in [2.05, 4.69) is 38.7 Å². The van der Waals surface area contributed by atoms with Gasteiger partial charge in [-0.25, -0.2) is 4.98 Å². The first kappa shape index (κ1) is 37.6. The van der Waals surface area contributed by atoms with Gasteiger partial charge in [-0.1, -0.05) is 54.4 Å². The summed E-state index contributed by atoms with van der Waals surface area (Å²) in [5.74, 6) is 0.828. The van der Waals surface area contributed by atoms with E-state index in [-0.39, 0.29) is 55.5 Å². The van der Waals surface area contributed by atoms with Gasteiger partial charge in [-0.15, -0.1) is 49.6 Å². The lowest BCUT2D eigenvalue weighted by Crippen LogP contribution is -2.47. The number of aromatic nitrogens is 2. The first-order chi connectivity index (χ1) is 17.0. The number of nitrogens with one attached hydrogen (secondary N) is 1. The Bertz CT molecular complexity index is 1150. The Morgan fingerprint density at radius 2 is 1.62 bits per heavy atom. The van der Waals surface area contributed by atoms with E-state index in [1.807, 2.05) is 43.3 Å². The van der Waals surface area contributed by atoms with E-state index < -0.39 is 0 Å². The van der Waals surface area contributed by atoms with Gasteiger partial charge in [0, 0.05) is 44.8 Å². The molecular weight excluding hydrogens is 623 g/mol. The number of piperazine rings is 1. The minimum Gasteiger partial charge on any atom is -0.368 e. The van der Waals surface area contributed by atoms with Gasteiger partial charge < -0.3 is 14.8 Å². The van der Waals surface area contributed by atoms with E-state index in [9.17, 15) is 4.79 Å². The Kier molecular flexibility index (Phi) is 17.5. The van der Waals surface area contributed by atoms with Gasteiger partial charge in [0.05, 0.1) is 21.4 Å². The van der Waals surface area contributed by atoms with Crippen molar-refractivity contribution in [1.29, 1.82) is 0 Å². The van der Waals surface area contributed by atoms with Crippen molar-refractivity contribution >= 4 is 84.4 Å². The summed E-state index contributed by atoms with van der Waals surface area (Å²) in [4.78, 5) is 22.4. The van der Waals surface area contributed by atoms with Crippen LogP contribution in [0.4, 0.5) is 5.69 Å². The molecule has 1 aliphatic heterocycles. The van der Waals surface area contributed by atoms with Crippen molar-refractivity contribution in [3.63, 3.8) is 0 Å². The smallest absolute Gasteiger partial charge is 0.271 e. The van der Waals surface area contributed by atoms with Crippen LogP contribution in [0.2, 0.25) is 10.0 Å². The van der Waals surface area contributed by atoms with E-state index in [0.717, 1.165) is 74.9 Å². The molecule has 6 nitrogen and oxygen atoms in total. The summed E-state index contributed by atoms with van der Waals surface area (Å²) in [7, 11) is 0. The highest BCUT2D eigenvalue weighted by Gasteiger charge is 2.21. The van der Waals surface area contributed by atoms with Crippen molar-refractivity contribution in [3.8, 4) is 5.69 Å². The normalized spacial score (nSPS) is 12.9. The van der Waals surface area contributed by atoms with Crippen LogP contribution >= 0.6 is 72.8 Å². The van der Waals surface area contributed by atoms with Crippen LogP contribution in [0.3, 0.4) is 0 Å². The lowest BCUT2D eigenvalue weighted by atomic mass is 10.2. The zero-order chi connectivity index (χ0) is 24.8. The number of rotatable bonds is 9. The minimum absolute atomic E-state index is 0. The molecule has 1 aliphatic rings. The number of hydrogen-bond donors (Lipinski definition) is 1. The summed E-state index contributed by atoms with van der Waals surface area (Å²) >= 11 is 12.6. The topological polar surface area (TPSA) is 53.4 Å². The second-order valence-electron chi connectivity index (χ2n) is 8.89. The molecule has 1 fully saturated rings. The SMILES string of the molecule is CCCc1nc(C(=O)NCCCN2CCN(c3cccc(Cl)c3Cl)CC2)c(C)n1-c1ccccc1.Cl.Cl.Cl.Cl. The fourth-order valence-electron chi connectivity index (χ4n) is 4.62. The van der Waals surface area contributed by atoms with Crippen LogP contribution in [0, 0.1) is 6.92 Å². The first-order valence-corrected chi connectivity index (χ1v) is 13.1. The molecule has 0 saturated carbocycles. The third-order valence-corrected chi connectivity index (χ3v) is 7.27. The summed E-state index contributed by atoms with van der Waals surface area (Å²) in [6, 6.07) is 15.9. The molecule has 218 valence electrons. The number of halogens is 6. The number of aryl methyl sites for hydroxylation is 1. The summed E-state index contributed by atoms with van der Waals surface area (Å²) in [5.41, 5.74) is 3.44. The Morgan fingerprint density at radius 1 is 0.949 bits per heavy atom. The van der Waals surface area contributed by atoms with Gasteiger partial charge in [0.25, 0.3) is 5.91 Å². The average molecular weight is 660 g/mol. The number of nitrogens with zero attached hydrogens (tertiary/aromatic N) is 4. The zero-order valence-electron chi connectivity index (χ0n) is 22.1. The monoisotopic (exact) mass is 657 g/mol. The molecule has 0 radical (unpaired) electrons. The van der Waals surface area contributed by atoms with Crippen LogP contribution < -0.4 is 10.2 Å². The van der Waals surface area contributed by atoms with Gasteiger partial charge in [0.1, 0.15) is 11.5 Å². The molecule has 3 aromatic rings. The molecule has 0 atom stereocenters. The van der Waals surface area contributed by atoms with Crippen LogP contribution in [0.15, 0.2) is 48.5 Å². The molecule has 0 spiro atoms. The highest BCUT2D eigenvalue weighted by atomic mass is 35.5. The van der Waals surface area contributed by atoms with Crippen LogP contribution in [0.1, 0.15) is 41.8 Å². The molecule has 0 bridgehead atoms. The van der Waals surface area contributed by atoms with E-state index in [1.165, 1.54) is 0 Å². The van der Waals surface area contributed by atoms with Gasteiger partial charge in [-0.2, -0.15) is 0 Å². The predicted octanol–water partition coefficient (Wildman–Crippen LogP) is 7.07. The van der Waals surface area contributed by atoms with Gasteiger partial charge in [-0.3, -0.25) is 9.69 Å². The third-order valence-electron chi connectivity index (χ3n) is 6.46. The molecule has 2 heterocycles. The summed E-state index contributed by atoms with van der Waals surface area (Å²) in [6.45, 7) is 9.39. The van der Waals surface area contributed by atoms with Crippen LogP contribution in [-0.2, 0) is 6.42 Å². The molecule has 1 amide bonds. The zero-order valence-corrected chi connectivity index (χ0v) is 26.8. The number of carbonyl (C=O) groups is 1. The van der Waals surface area contributed by atoms with E-state index >= 15 is 0 Å². The van der Waals surface area contributed by atoms with Crippen molar-refractivity contribution in [2.75, 3.05) is 44.2 Å². The summed E-state index contributed by atoms with van der Waals surface area (Å²) in [5, 5.41) is 4.29. The first-order valence-electron chi connectivity index (χ1n) is 12.3. The largest absolute Gasteiger partial charge is 0.368 e. The maximum absolute atomic E-state index is 12.9. The Hall–Kier alpha value is -1.38. The van der Waals surface area contributed by atoms with Crippen LogP contribution in [0.5, 0.6) is 0 Å². The maximum atomic E-state index is 12.9. The molecule has 39 heavy (non-hydrogen) atoms. The molecule has 0 aliphatic carbocycles. The molecule has 1 aromatic heterocycles. The van der Waals surface area contributed by atoms with Gasteiger partial charge in [-0.05, 0) is 50.6 Å². The van der Waals surface area contributed by atoms with Crippen LogP contribution in [-0.4, -0.2) is 59.6 Å². The summed E-state index contributed by atoms with van der Waals surface area (Å²) in [6.07, 6.45) is 2.69. The average Bonchev–Trinajstić information content (AvgIpc) is 3.20. The number of carbonyl (C=O) groups excluding carboxylic acids is 1. The predicted molar refractivity (Wildman–Crippen MR) is 173 cm³/mol. The van der Waals surface area contributed by atoms with Crippen molar-refractivity contribution < 1.29 is 4.79 Å². The lowest BCUT2D eigenvalue weighted by Gasteiger charge is -2.36.